The van der Waals surface area contributed by atoms with E-state index in [0.717, 1.165) is 27.5 Å². The van der Waals surface area contributed by atoms with Crippen molar-refractivity contribution >= 4 is 39.5 Å². The van der Waals surface area contributed by atoms with Gasteiger partial charge >= 0.3 is 0 Å². The summed E-state index contributed by atoms with van der Waals surface area (Å²) in [4.78, 5) is 21.3. The summed E-state index contributed by atoms with van der Waals surface area (Å²) in [5.41, 5.74) is 4.64. The molecule has 0 radical (unpaired) electrons. The number of aromatic nitrogens is 2. The molecular formula is C24H16ClN3O2. The zero-order valence-electron chi connectivity index (χ0n) is 15.8. The predicted octanol–water partition coefficient (Wildman–Crippen LogP) is 5.63. The van der Waals surface area contributed by atoms with Gasteiger partial charge in [-0.2, -0.15) is 0 Å². The maximum atomic E-state index is 12.5. The quantitative estimate of drug-likeness (QED) is 0.414. The lowest BCUT2D eigenvalue weighted by atomic mass is 10.1. The Balaban J connectivity index is 1.28. The second-order valence-electron chi connectivity index (χ2n) is 6.93. The Bertz CT molecular complexity index is 1380. The first-order chi connectivity index (χ1) is 14.7. The van der Waals surface area contributed by atoms with E-state index >= 15 is 0 Å². The van der Waals surface area contributed by atoms with Crippen LogP contribution in [0.4, 0.5) is 0 Å². The molecule has 0 fully saturated rings. The van der Waals surface area contributed by atoms with Gasteiger partial charge in [-0.1, -0.05) is 41.9 Å². The Hall–Kier alpha value is -3.70. The van der Waals surface area contributed by atoms with E-state index in [4.69, 9.17) is 16.0 Å². The van der Waals surface area contributed by atoms with Gasteiger partial charge < -0.3 is 9.73 Å². The molecule has 1 N–H and O–H groups in total. The molecule has 1 amide bonds. The fraction of sp³-hybridized carbons (Fsp3) is 0.0417. The number of carbonyl (C=O) groups is 1. The third-order valence-electron chi connectivity index (χ3n) is 4.86. The Morgan fingerprint density at radius 3 is 2.67 bits per heavy atom. The fourth-order valence-corrected chi connectivity index (χ4v) is 3.43. The third kappa shape index (κ3) is 3.63. The third-order valence-corrected chi connectivity index (χ3v) is 5.09. The number of oxazole rings is 1. The number of rotatable bonds is 4. The van der Waals surface area contributed by atoms with E-state index in [-0.39, 0.29) is 5.91 Å². The van der Waals surface area contributed by atoms with Crippen LogP contribution in [0.3, 0.4) is 0 Å². The van der Waals surface area contributed by atoms with Crippen molar-refractivity contribution in [1.82, 2.24) is 15.3 Å². The molecule has 0 atom stereocenters. The van der Waals surface area contributed by atoms with E-state index in [2.05, 4.69) is 15.3 Å². The van der Waals surface area contributed by atoms with E-state index in [1.54, 1.807) is 18.3 Å². The summed E-state index contributed by atoms with van der Waals surface area (Å²) in [6, 6.07) is 22.7. The van der Waals surface area contributed by atoms with Gasteiger partial charge in [0, 0.05) is 34.8 Å². The summed E-state index contributed by atoms with van der Waals surface area (Å²) in [7, 11) is 0. The summed E-state index contributed by atoms with van der Waals surface area (Å²) in [5, 5.41) is 4.48. The summed E-state index contributed by atoms with van der Waals surface area (Å²) in [6.45, 7) is 0.412. The first kappa shape index (κ1) is 18.3. The van der Waals surface area contributed by atoms with Crippen LogP contribution in [0, 0.1) is 0 Å². The number of carbonyl (C=O) groups excluding carboxylic acids is 1. The van der Waals surface area contributed by atoms with Crippen molar-refractivity contribution in [3.8, 4) is 11.5 Å². The van der Waals surface area contributed by atoms with Crippen molar-refractivity contribution < 1.29 is 9.21 Å². The van der Waals surface area contributed by atoms with E-state index in [1.807, 2.05) is 60.7 Å². The molecule has 2 heterocycles. The van der Waals surface area contributed by atoms with Crippen molar-refractivity contribution in [1.29, 1.82) is 0 Å². The number of nitrogens with one attached hydrogen (secondary N) is 1. The molecule has 3 aromatic carbocycles. The number of nitrogens with zero attached hydrogens (tertiary/aromatic N) is 2. The SMILES string of the molecule is O=C(NCc1ccc(-c2nc3ccc(Cl)cc3o2)cc1)c1cnc2ccccc2c1. The van der Waals surface area contributed by atoms with E-state index in [9.17, 15) is 4.79 Å². The highest BCUT2D eigenvalue weighted by Crippen LogP contribution is 2.26. The van der Waals surface area contributed by atoms with Crippen LogP contribution in [0.25, 0.3) is 33.5 Å². The monoisotopic (exact) mass is 413 g/mol. The molecule has 0 saturated carbocycles. The van der Waals surface area contributed by atoms with Gasteiger partial charge in [0.15, 0.2) is 5.58 Å². The number of benzene rings is 3. The minimum Gasteiger partial charge on any atom is -0.436 e. The molecule has 2 aromatic heterocycles. The van der Waals surface area contributed by atoms with Gasteiger partial charge in [0.2, 0.25) is 5.89 Å². The largest absolute Gasteiger partial charge is 0.436 e. The van der Waals surface area contributed by atoms with Crippen molar-refractivity contribution in [2.45, 2.75) is 6.54 Å². The van der Waals surface area contributed by atoms with Crippen LogP contribution >= 0.6 is 11.6 Å². The Morgan fingerprint density at radius 1 is 0.967 bits per heavy atom. The first-order valence-electron chi connectivity index (χ1n) is 9.44. The highest BCUT2D eigenvalue weighted by Gasteiger charge is 2.10. The molecule has 5 nitrogen and oxygen atoms in total. The number of hydrogen-bond donors (Lipinski definition) is 1. The number of amides is 1. The number of pyridine rings is 1. The van der Waals surface area contributed by atoms with E-state index in [0.29, 0.717) is 28.6 Å². The molecule has 6 heteroatoms. The highest BCUT2D eigenvalue weighted by atomic mass is 35.5. The van der Waals surface area contributed by atoms with Gasteiger partial charge in [0.1, 0.15) is 5.52 Å². The second kappa shape index (κ2) is 7.61. The van der Waals surface area contributed by atoms with Gasteiger partial charge in [0.25, 0.3) is 5.91 Å². The number of para-hydroxylation sites is 1. The van der Waals surface area contributed by atoms with Crippen LogP contribution in [-0.2, 0) is 6.54 Å². The fourth-order valence-electron chi connectivity index (χ4n) is 3.27. The zero-order chi connectivity index (χ0) is 20.5. The van der Waals surface area contributed by atoms with E-state index < -0.39 is 0 Å². The van der Waals surface area contributed by atoms with Crippen molar-refractivity contribution in [3.05, 3.63) is 95.1 Å². The van der Waals surface area contributed by atoms with Crippen molar-refractivity contribution in [3.63, 3.8) is 0 Å². The zero-order valence-corrected chi connectivity index (χ0v) is 16.6. The van der Waals surface area contributed by atoms with Crippen molar-refractivity contribution in [2.75, 3.05) is 0 Å². The average Bonchev–Trinajstić information content (AvgIpc) is 3.20. The van der Waals surface area contributed by atoms with Crippen LogP contribution in [-0.4, -0.2) is 15.9 Å². The molecule has 0 aliphatic heterocycles. The molecular weight excluding hydrogens is 398 g/mol. The summed E-state index contributed by atoms with van der Waals surface area (Å²) in [5.74, 6) is 0.373. The normalized spacial score (nSPS) is 11.1. The van der Waals surface area contributed by atoms with E-state index in [1.165, 1.54) is 0 Å². The van der Waals surface area contributed by atoms with Gasteiger partial charge in [-0.25, -0.2) is 4.98 Å². The van der Waals surface area contributed by atoms with Gasteiger partial charge in [-0.05, 0) is 42.0 Å². The van der Waals surface area contributed by atoms with Gasteiger partial charge in [-0.15, -0.1) is 0 Å². The Morgan fingerprint density at radius 2 is 1.80 bits per heavy atom. The van der Waals surface area contributed by atoms with Gasteiger partial charge in [0.05, 0.1) is 11.1 Å². The molecule has 5 aromatic rings. The van der Waals surface area contributed by atoms with Crippen LogP contribution in [0.15, 0.2) is 83.4 Å². The molecule has 0 saturated heterocycles. The lowest BCUT2D eigenvalue weighted by Gasteiger charge is -2.07. The maximum Gasteiger partial charge on any atom is 0.253 e. The average molecular weight is 414 g/mol. The molecule has 0 aliphatic carbocycles. The molecule has 0 spiro atoms. The lowest BCUT2D eigenvalue weighted by molar-refractivity contribution is 0.0950. The lowest BCUT2D eigenvalue weighted by Crippen LogP contribution is -2.22. The predicted molar refractivity (Wildman–Crippen MR) is 117 cm³/mol. The minimum atomic E-state index is -0.159. The minimum absolute atomic E-state index is 0.159. The Kier molecular flexibility index (Phi) is 4.65. The molecule has 0 aliphatic rings. The molecule has 30 heavy (non-hydrogen) atoms. The first-order valence-corrected chi connectivity index (χ1v) is 9.82. The molecule has 0 bridgehead atoms. The number of fused-ring (bicyclic) bond motifs is 2. The number of hydrogen-bond acceptors (Lipinski definition) is 4. The van der Waals surface area contributed by atoms with Crippen LogP contribution in [0.1, 0.15) is 15.9 Å². The molecule has 146 valence electrons. The second-order valence-corrected chi connectivity index (χ2v) is 7.36. The van der Waals surface area contributed by atoms with Crippen LogP contribution in [0.2, 0.25) is 5.02 Å². The topological polar surface area (TPSA) is 68.0 Å². The summed E-state index contributed by atoms with van der Waals surface area (Å²) in [6.07, 6.45) is 1.60. The van der Waals surface area contributed by atoms with Crippen molar-refractivity contribution in [2.24, 2.45) is 0 Å². The Labute approximate surface area is 177 Å². The molecule has 0 unspecified atom stereocenters. The van der Waals surface area contributed by atoms with Crippen LogP contribution in [0.5, 0.6) is 0 Å². The maximum absolute atomic E-state index is 12.5. The molecule has 5 rings (SSSR count). The standard InChI is InChI=1S/C24H16ClN3O2/c25-19-9-10-21-22(12-19)30-24(28-21)16-7-5-15(6-8-16)13-27-23(29)18-11-17-3-1-2-4-20(17)26-14-18/h1-12,14H,13H2,(H,27,29). The smallest absolute Gasteiger partial charge is 0.253 e. The van der Waals surface area contributed by atoms with Crippen LogP contribution < -0.4 is 5.32 Å². The summed E-state index contributed by atoms with van der Waals surface area (Å²) < 4.78 is 5.79. The number of halogens is 1. The highest BCUT2D eigenvalue weighted by molar-refractivity contribution is 6.31. The summed E-state index contributed by atoms with van der Waals surface area (Å²) >= 11 is 6.00. The van der Waals surface area contributed by atoms with Gasteiger partial charge in [-0.3, -0.25) is 9.78 Å².